The van der Waals surface area contributed by atoms with Crippen molar-refractivity contribution in [1.82, 2.24) is 0 Å². The maximum atomic E-state index is 5.49. The molecule has 0 aliphatic carbocycles. The first-order chi connectivity index (χ1) is 6.36. The Kier molecular flexibility index (Phi) is 1.92. The van der Waals surface area contributed by atoms with E-state index < -0.39 is 0 Å². The van der Waals surface area contributed by atoms with E-state index in [0.717, 1.165) is 0 Å². The van der Waals surface area contributed by atoms with Crippen LogP contribution in [0.15, 0.2) is 60.1 Å². The molecule has 0 aromatic heterocycles. The predicted octanol–water partition coefficient (Wildman–Crippen LogP) is 1.68. The second kappa shape index (κ2) is 3.23. The molecule has 3 nitrogen and oxygen atoms in total. The second-order valence-electron chi connectivity index (χ2n) is 2.56. The zero-order valence-electron chi connectivity index (χ0n) is 6.94. The molecule has 2 heterocycles. The Morgan fingerprint density at radius 2 is 1.85 bits per heavy atom. The minimum Gasteiger partial charge on any atom is -0.461 e. The molecule has 0 radical (unpaired) electrons. The number of nitrogens with two attached hydrogens (primary N) is 1. The van der Waals surface area contributed by atoms with E-state index in [1.165, 1.54) is 0 Å². The normalized spacial score (nSPS) is 25.1. The van der Waals surface area contributed by atoms with E-state index in [0.29, 0.717) is 17.4 Å². The van der Waals surface area contributed by atoms with Gasteiger partial charge in [0.15, 0.2) is 17.4 Å². The fourth-order valence-corrected chi connectivity index (χ4v) is 1.04. The Hall–Kier alpha value is -1.90. The van der Waals surface area contributed by atoms with E-state index in [1.54, 1.807) is 24.5 Å². The standard InChI is InChI=1S/C10H9NO2/c11-10-6-3-5-9(13-10)8-4-1-2-7-12-8/h1-7H,11H2. The van der Waals surface area contributed by atoms with Crippen molar-refractivity contribution in [3.8, 4) is 0 Å². The molecule has 2 rings (SSSR count). The lowest BCUT2D eigenvalue weighted by atomic mass is 10.3. The highest BCUT2D eigenvalue weighted by Crippen LogP contribution is 2.18. The Morgan fingerprint density at radius 3 is 2.54 bits per heavy atom. The summed E-state index contributed by atoms with van der Waals surface area (Å²) in [6.45, 7) is 0. The molecule has 0 spiro atoms. The molecule has 0 amide bonds. The molecule has 0 atom stereocenters. The van der Waals surface area contributed by atoms with Crippen LogP contribution in [-0.2, 0) is 9.47 Å². The maximum absolute atomic E-state index is 5.49. The molecule has 2 aliphatic rings. The van der Waals surface area contributed by atoms with Gasteiger partial charge in [-0.2, -0.15) is 0 Å². The molecule has 13 heavy (non-hydrogen) atoms. The minimum absolute atomic E-state index is 0.372. The molecule has 0 saturated heterocycles. The van der Waals surface area contributed by atoms with E-state index in [1.807, 2.05) is 18.2 Å². The first-order valence-electron chi connectivity index (χ1n) is 3.92. The Bertz CT molecular complexity index is 359. The van der Waals surface area contributed by atoms with Gasteiger partial charge in [-0.15, -0.1) is 0 Å². The average Bonchev–Trinajstić information content (AvgIpc) is 2.19. The molecular weight excluding hydrogens is 166 g/mol. The first-order valence-corrected chi connectivity index (χ1v) is 3.92. The van der Waals surface area contributed by atoms with Crippen LogP contribution in [-0.4, -0.2) is 0 Å². The molecule has 0 saturated carbocycles. The predicted molar refractivity (Wildman–Crippen MR) is 48.9 cm³/mol. The topological polar surface area (TPSA) is 44.5 Å². The van der Waals surface area contributed by atoms with Gasteiger partial charge < -0.3 is 15.2 Å². The molecule has 2 aliphatic heterocycles. The van der Waals surface area contributed by atoms with E-state index in [-0.39, 0.29) is 0 Å². The van der Waals surface area contributed by atoms with Gasteiger partial charge in [-0.1, -0.05) is 12.2 Å². The summed E-state index contributed by atoms with van der Waals surface area (Å²) in [7, 11) is 0. The molecule has 3 heteroatoms. The summed E-state index contributed by atoms with van der Waals surface area (Å²) in [5.74, 6) is 1.66. The van der Waals surface area contributed by atoms with E-state index in [9.17, 15) is 0 Å². The van der Waals surface area contributed by atoms with Gasteiger partial charge in [-0.3, -0.25) is 0 Å². The van der Waals surface area contributed by atoms with Gasteiger partial charge in [0, 0.05) is 0 Å². The molecule has 2 N–H and O–H groups in total. The fraction of sp³-hybridized carbons (Fsp3) is 0. The highest BCUT2D eigenvalue weighted by molar-refractivity contribution is 5.33. The first kappa shape index (κ1) is 7.73. The largest absolute Gasteiger partial charge is 0.461 e. The molecule has 0 fully saturated rings. The number of hydrogen-bond acceptors (Lipinski definition) is 3. The highest BCUT2D eigenvalue weighted by atomic mass is 16.5. The summed E-state index contributed by atoms with van der Waals surface area (Å²) < 4.78 is 10.5. The zero-order chi connectivity index (χ0) is 9.10. The van der Waals surface area contributed by atoms with Crippen LogP contribution in [0.4, 0.5) is 0 Å². The zero-order valence-corrected chi connectivity index (χ0v) is 6.94. The average molecular weight is 175 g/mol. The monoisotopic (exact) mass is 175 g/mol. The van der Waals surface area contributed by atoms with Crippen molar-refractivity contribution < 1.29 is 9.47 Å². The summed E-state index contributed by atoms with van der Waals surface area (Å²) in [5, 5.41) is 0. The van der Waals surface area contributed by atoms with Gasteiger partial charge >= 0.3 is 0 Å². The number of rotatable bonds is 0. The second-order valence-corrected chi connectivity index (χ2v) is 2.56. The van der Waals surface area contributed by atoms with Crippen molar-refractivity contribution >= 4 is 0 Å². The summed E-state index contributed by atoms with van der Waals surface area (Å²) in [4.78, 5) is 0. The van der Waals surface area contributed by atoms with Gasteiger partial charge in [0.2, 0.25) is 0 Å². The summed E-state index contributed by atoms with van der Waals surface area (Å²) in [6, 6.07) is 0. The number of allylic oxidation sites excluding steroid dienone is 6. The van der Waals surface area contributed by atoms with Crippen LogP contribution < -0.4 is 5.73 Å². The van der Waals surface area contributed by atoms with Gasteiger partial charge in [0.05, 0.1) is 6.26 Å². The summed E-state index contributed by atoms with van der Waals surface area (Å²) in [6.07, 6.45) is 12.4. The maximum Gasteiger partial charge on any atom is 0.191 e. The third-order valence-corrected chi connectivity index (χ3v) is 1.61. The lowest BCUT2D eigenvalue weighted by Crippen LogP contribution is -2.06. The minimum atomic E-state index is 0.372. The smallest absolute Gasteiger partial charge is 0.191 e. The van der Waals surface area contributed by atoms with Crippen LogP contribution in [0.3, 0.4) is 0 Å². The van der Waals surface area contributed by atoms with E-state index in [2.05, 4.69) is 0 Å². The summed E-state index contributed by atoms with van der Waals surface area (Å²) in [5.41, 5.74) is 5.49. The van der Waals surface area contributed by atoms with Crippen LogP contribution in [0, 0.1) is 0 Å². The third kappa shape index (κ3) is 1.64. The Labute approximate surface area is 76.1 Å². The molecular formula is C10H9NO2. The Balaban J connectivity index is 2.26. The van der Waals surface area contributed by atoms with Crippen LogP contribution in [0.25, 0.3) is 0 Å². The highest BCUT2D eigenvalue weighted by Gasteiger charge is 2.08. The Morgan fingerprint density at radius 1 is 1.00 bits per heavy atom. The van der Waals surface area contributed by atoms with E-state index in [4.69, 9.17) is 15.2 Å². The van der Waals surface area contributed by atoms with Crippen molar-refractivity contribution in [3.63, 3.8) is 0 Å². The van der Waals surface area contributed by atoms with E-state index >= 15 is 0 Å². The van der Waals surface area contributed by atoms with Crippen molar-refractivity contribution in [1.29, 1.82) is 0 Å². The molecule has 0 unspecified atom stereocenters. The van der Waals surface area contributed by atoms with Crippen LogP contribution >= 0.6 is 0 Å². The number of hydrogen-bond donors (Lipinski definition) is 1. The van der Waals surface area contributed by atoms with Crippen molar-refractivity contribution in [2.75, 3.05) is 0 Å². The lowest BCUT2D eigenvalue weighted by Gasteiger charge is -2.13. The SMILES string of the molecule is NC1=CC=CC(=C2C=CC=CO2)O1. The van der Waals surface area contributed by atoms with Gasteiger partial charge in [-0.25, -0.2) is 0 Å². The van der Waals surface area contributed by atoms with Crippen molar-refractivity contribution in [2.45, 2.75) is 0 Å². The van der Waals surface area contributed by atoms with Crippen molar-refractivity contribution in [3.05, 3.63) is 60.1 Å². The van der Waals surface area contributed by atoms with Crippen molar-refractivity contribution in [2.24, 2.45) is 5.73 Å². The molecule has 0 aromatic carbocycles. The van der Waals surface area contributed by atoms with Crippen LogP contribution in [0.5, 0.6) is 0 Å². The van der Waals surface area contributed by atoms with Crippen LogP contribution in [0.1, 0.15) is 0 Å². The lowest BCUT2D eigenvalue weighted by molar-refractivity contribution is 0.266. The van der Waals surface area contributed by atoms with Gasteiger partial charge in [-0.05, 0) is 24.3 Å². The molecule has 0 aromatic rings. The van der Waals surface area contributed by atoms with Crippen LogP contribution in [0.2, 0.25) is 0 Å². The third-order valence-electron chi connectivity index (χ3n) is 1.61. The molecule has 66 valence electrons. The summed E-state index contributed by atoms with van der Waals surface area (Å²) >= 11 is 0. The molecule has 0 bridgehead atoms. The van der Waals surface area contributed by atoms with Gasteiger partial charge in [0.1, 0.15) is 0 Å². The fourth-order valence-electron chi connectivity index (χ4n) is 1.04. The number of ether oxygens (including phenoxy) is 2. The van der Waals surface area contributed by atoms with Gasteiger partial charge in [0.25, 0.3) is 0 Å². The quantitative estimate of drug-likeness (QED) is 0.609.